The molecule has 20 heavy (non-hydrogen) atoms. The van der Waals surface area contributed by atoms with E-state index in [1.54, 1.807) is 6.07 Å². The van der Waals surface area contributed by atoms with Crippen molar-refractivity contribution in [1.29, 1.82) is 0 Å². The quantitative estimate of drug-likeness (QED) is 0.878. The number of halogens is 2. The first-order valence-corrected chi connectivity index (χ1v) is 7.44. The van der Waals surface area contributed by atoms with Gasteiger partial charge >= 0.3 is 0 Å². The normalized spacial score (nSPS) is 17.8. The Bertz CT molecular complexity index is 570. The topological polar surface area (TPSA) is 21.3 Å². The second-order valence-electron chi connectivity index (χ2n) is 4.92. The maximum atomic E-state index is 13.4. The van der Waals surface area contributed by atoms with Crippen LogP contribution in [0.1, 0.15) is 12.0 Å². The fourth-order valence-corrected chi connectivity index (χ4v) is 2.89. The lowest BCUT2D eigenvalue weighted by Crippen LogP contribution is -2.24. The Hall–Kier alpha value is -1.55. The molecule has 1 atom stereocenters. The number of aryl methyl sites for hydroxylation is 1. The van der Waals surface area contributed by atoms with Gasteiger partial charge in [-0.05, 0) is 36.6 Å². The van der Waals surface area contributed by atoms with E-state index in [0.29, 0.717) is 10.2 Å². The third-order valence-corrected chi connectivity index (χ3v) is 3.87. The van der Waals surface area contributed by atoms with Gasteiger partial charge in [0.15, 0.2) is 0 Å². The maximum Gasteiger partial charge on any atom is 0.128 e. The van der Waals surface area contributed by atoms with Crippen molar-refractivity contribution in [1.82, 2.24) is 0 Å². The summed E-state index contributed by atoms with van der Waals surface area (Å²) in [7, 11) is 0. The summed E-state index contributed by atoms with van der Waals surface area (Å²) in [6.45, 7) is 0.727. The minimum Gasteiger partial charge on any atom is -0.488 e. The molecule has 2 aromatic carbocycles. The van der Waals surface area contributed by atoms with Crippen LogP contribution in [-0.2, 0) is 6.42 Å². The molecule has 0 saturated heterocycles. The number of rotatable bonds is 2. The zero-order chi connectivity index (χ0) is 13.9. The number of hydrogen-bond donors (Lipinski definition) is 1. The van der Waals surface area contributed by atoms with E-state index in [1.165, 1.54) is 23.4 Å². The average Bonchev–Trinajstić information content (AvgIpc) is 2.61. The van der Waals surface area contributed by atoms with E-state index < -0.39 is 0 Å². The zero-order valence-corrected chi connectivity index (χ0v) is 12.5. The summed E-state index contributed by atoms with van der Waals surface area (Å²) in [6.07, 6.45) is 1.92. The van der Waals surface area contributed by atoms with Crippen molar-refractivity contribution >= 4 is 21.6 Å². The summed E-state index contributed by atoms with van der Waals surface area (Å²) in [5, 5.41) is 3.39. The minimum atomic E-state index is -0.292. The van der Waals surface area contributed by atoms with Crippen LogP contribution in [0.25, 0.3) is 0 Å². The third kappa shape index (κ3) is 3.12. The molecule has 1 unspecified atom stereocenters. The maximum absolute atomic E-state index is 13.4. The van der Waals surface area contributed by atoms with Crippen LogP contribution >= 0.6 is 15.9 Å². The van der Waals surface area contributed by atoms with Crippen LogP contribution in [0.4, 0.5) is 10.1 Å². The van der Waals surface area contributed by atoms with E-state index in [-0.39, 0.29) is 11.9 Å². The van der Waals surface area contributed by atoms with Crippen molar-refractivity contribution in [2.45, 2.75) is 18.9 Å². The molecule has 0 radical (unpaired) electrons. The fraction of sp³-hybridized carbons (Fsp3) is 0.250. The highest BCUT2D eigenvalue weighted by Crippen LogP contribution is 2.25. The molecule has 0 bridgehead atoms. The zero-order valence-electron chi connectivity index (χ0n) is 10.9. The van der Waals surface area contributed by atoms with Crippen molar-refractivity contribution < 1.29 is 9.13 Å². The molecule has 1 heterocycles. The van der Waals surface area contributed by atoms with Crippen LogP contribution in [0.15, 0.2) is 46.9 Å². The van der Waals surface area contributed by atoms with Crippen LogP contribution in [0.3, 0.4) is 0 Å². The van der Waals surface area contributed by atoms with E-state index in [9.17, 15) is 4.39 Å². The SMILES string of the molecule is Fc1cc(Br)cc(OC2CCc3ccccc3NC2)c1. The smallest absolute Gasteiger partial charge is 0.128 e. The highest BCUT2D eigenvalue weighted by molar-refractivity contribution is 9.10. The Labute approximate surface area is 126 Å². The summed E-state index contributed by atoms with van der Waals surface area (Å²) < 4.78 is 19.9. The van der Waals surface area contributed by atoms with Crippen molar-refractivity contribution in [2.24, 2.45) is 0 Å². The molecular weight excluding hydrogens is 321 g/mol. The predicted octanol–water partition coefficient (Wildman–Crippen LogP) is 4.39. The van der Waals surface area contributed by atoms with Gasteiger partial charge in [-0.2, -0.15) is 0 Å². The average molecular weight is 336 g/mol. The Morgan fingerprint density at radius 3 is 2.90 bits per heavy atom. The molecule has 1 aliphatic rings. The highest BCUT2D eigenvalue weighted by Gasteiger charge is 2.17. The van der Waals surface area contributed by atoms with Gasteiger partial charge in [0, 0.05) is 16.2 Å². The van der Waals surface area contributed by atoms with Crippen molar-refractivity contribution in [3.63, 3.8) is 0 Å². The summed E-state index contributed by atoms with van der Waals surface area (Å²) >= 11 is 3.28. The number of anilines is 1. The molecular formula is C16H15BrFNO. The molecule has 2 aromatic rings. The molecule has 4 heteroatoms. The molecule has 1 N–H and O–H groups in total. The van der Waals surface area contributed by atoms with E-state index in [2.05, 4.69) is 33.4 Å². The lowest BCUT2D eigenvalue weighted by atomic mass is 10.1. The number of ether oxygens (including phenoxy) is 1. The Morgan fingerprint density at radius 2 is 2.05 bits per heavy atom. The first-order chi connectivity index (χ1) is 9.70. The van der Waals surface area contributed by atoms with Crippen LogP contribution < -0.4 is 10.1 Å². The molecule has 0 saturated carbocycles. The first-order valence-electron chi connectivity index (χ1n) is 6.65. The van der Waals surface area contributed by atoms with E-state index in [0.717, 1.165) is 19.4 Å². The van der Waals surface area contributed by atoms with Gasteiger partial charge in [0.25, 0.3) is 0 Å². The van der Waals surface area contributed by atoms with Gasteiger partial charge < -0.3 is 10.1 Å². The molecule has 0 aromatic heterocycles. The standard InChI is InChI=1S/C16H15BrFNO/c17-12-7-13(18)9-15(8-12)20-14-6-5-11-3-1-2-4-16(11)19-10-14/h1-4,7-9,14,19H,5-6,10H2. The minimum absolute atomic E-state index is 0.0381. The number of para-hydroxylation sites is 1. The van der Waals surface area contributed by atoms with Gasteiger partial charge in [-0.1, -0.05) is 34.1 Å². The monoisotopic (exact) mass is 335 g/mol. The lowest BCUT2D eigenvalue weighted by Gasteiger charge is -2.17. The van der Waals surface area contributed by atoms with Gasteiger partial charge in [-0.3, -0.25) is 0 Å². The van der Waals surface area contributed by atoms with Gasteiger partial charge in [0.2, 0.25) is 0 Å². The van der Waals surface area contributed by atoms with Crippen molar-refractivity contribution in [2.75, 3.05) is 11.9 Å². The highest BCUT2D eigenvalue weighted by atomic mass is 79.9. The fourth-order valence-electron chi connectivity index (χ4n) is 2.44. The number of fused-ring (bicyclic) bond motifs is 1. The Kier molecular flexibility index (Phi) is 3.92. The van der Waals surface area contributed by atoms with Gasteiger partial charge in [-0.25, -0.2) is 4.39 Å². The molecule has 0 fully saturated rings. The third-order valence-electron chi connectivity index (χ3n) is 3.41. The molecule has 3 rings (SSSR count). The lowest BCUT2D eigenvalue weighted by molar-refractivity contribution is 0.205. The molecule has 104 valence electrons. The van der Waals surface area contributed by atoms with Crippen LogP contribution in [0.5, 0.6) is 5.75 Å². The van der Waals surface area contributed by atoms with Crippen LogP contribution in [-0.4, -0.2) is 12.6 Å². The van der Waals surface area contributed by atoms with Crippen molar-refractivity contribution in [3.8, 4) is 5.75 Å². The summed E-state index contributed by atoms with van der Waals surface area (Å²) in [6, 6.07) is 12.9. The van der Waals surface area contributed by atoms with Gasteiger partial charge in [0.05, 0.1) is 6.54 Å². The molecule has 0 spiro atoms. The molecule has 1 aliphatic heterocycles. The molecule has 0 aliphatic carbocycles. The first kappa shape index (κ1) is 13.4. The van der Waals surface area contributed by atoms with Crippen molar-refractivity contribution in [3.05, 3.63) is 58.3 Å². The van der Waals surface area contributed by atoms with E-state index >= 15 is 0 Å². The van der Waals surface area contributed by atoms with Crippen LogP contribution in [0.2, 0.25) is 0 Å². The van der Waals surface area contributed by atoms with E-state index in [1.807, 2.05) is 12.1 Å². The summed E-state index contributed by atoms with van der Waals surface area (Å²) in [5.41, 5.74) is 2.47. The Morgan fingerprint density at radius 1 is 1.20 bits per heavy atom. The Balaban J connectivity index is 1.71. The number of nitrogens with one attached hydrogen (secondary N) is 1. The number of hydrogen-bond acceptors (Lipinski definition) is 2. The predicted molar refractivity (Wildman–Crippen MR) is 81.8 cm³/mol. The second-order valence-corrected chi connectivity index (χ2v) is 5.84. The van der Waals surface area contributed by atoms with Crippen LogP contribution in [0, 0.1) is 5.82 Å². The number of benzene rings is 2. The van der Waals surface area contributed by atoms with E-state index in [4.69, 9.17) is 4.74 Å². The molecule has 2 nitrogen and oxygen atoms in total. The molecule has 0 amide bonds. The van der Waals surface area contributed by atoms with Gasteiger partial charge in [0.1, 0.15) is 17.7 Å². The second kappa shape index (κ2) is 5.83. The van der Waals surface area contributed by atoms with Gasteiger partial charge in [-0.15, -0.1) is 0 Å². The summed E-state index contributed by atoms with van der Waals surface area (Å²) in [5.74, 6) is 0.272. The summed E-state index contributed by atoms with van der Waals surface area (Å²) in [4.78, 5) is 0. The largest absolute Gasteiger partial charge is 0.488 e.